The number of nitrogens with two attached hydrogens (primary N) is 1. The SMILES string of the molecule is CC(O)CO.NCC1(CC(=O)O)CCCCC1. The van der Waals surface area contributed by atoms with E-state index in [1.165, 1.54) is 13.3 Å². The third-order valence-electron chi connectivity index (χ3n) is 3.14. The summed E-state index contributed by atoms with van der Waals surface area (Å²) < 4.78 is 0. The second-order valence-corrected chi connectivity index (χ2v) is 4.87. The first-order valence-corrected chi connectivity index (χ1v) is 6.16. The van der Waals surface area contributed by atoms with Crippen molar-refractivity contribution < 1.29 is 20.1 Å². The topological polar surface area (TPSA) is 104 Å². The fourth-order valence-electron chi connectivity index (χ4n) is 2.08. The highest BCUT2D eigenvalue weighted by Crippen LogP contribution is 2.38. The summed E-state index contributed by atoms with van der Waals surface area (Å²) in [6.45, 7) is 1.92. The van der Waals surface area contributed by atoms with Crippen LogP contribution in [0, 0.1) is 5.41 Å². The normalized spacial score (nSPS) is 20.0. The molecule has 5 nitrogen and oxygen atoms in total. The first-order chi connectivity index (χ1) is 7.95. The molecule has 0 aromatic rings. The van der Waals surface area contributed by atoms with Crippen molar-refractivity contribution in [3.8, 4) is 0 Å². The molecule has 0 saturated heterocycles. The van der Waals surface area contributed by atoms with Gasteiger partial charge in [0.1, 0.15) is 0 Å². The van der Waals surface area contributed by atoms with Gasteiger partial charge in [0.15, 0.2) is 0 Å². The molecule has 0 aromatic heterocycles. The van der Waals surface area contributed by atoms with Crippen LogP contribution in [0.3, 0.4) is 0 Å². The van der Waals surface area contributed by atoms with Gasteiger partial charge in [0.05, 0.1) is 19.1 Å². The summed E-state index contributed by atoms with van der Waals surface area (Å²) in [4.78, 5) is 10.6. The quantitative estimate of drug-likeness (QED) is 0.586. The molecule has 0 bridgehead atoms. The van der Waals surface area contributed by atoms with Gasteiger partial charge in [-0.3, -0.25) is 4.79 Å². The smallest absolute Gasteiger partial charge is 0.303 e. The van der Waals surface area contributed by atoms with Gasteiger partial charge in [-0.05, 0) is 31.7 Å². The Hall–Kier alpha value is -0.650. The second kappa shape index (κ2) is 8.44. The van der Waals surface area contributed by atoms with E-state index < -0.39 is 12.1 Å². The third kappa shape index (κ3) is 7.31. The molecular weight excluding hydrogens is 222 g/mol. The van der Waals surface area contributed by atoms with Gasteiger partial charge in [0, 0.05) is 0 Å². The average molecular weight is 247 g/mol. The second-order valence-electron chi connectivity index (χ2n) is 4.87. The molecule has 1 atom stereocenters. The molecule has 0 aromatic carbocycles. The summed E-state index contributed by atoms with van der Waals surface area (Å²) in [6.07, 6.45) is 5.21. The Morgan fingerprint density at radius 1 is 1.35 bits per heavy atom. The van der Waals surface area contributed by atoms with E-state index in [2.05, 4.69) is 0 Å². The minimum absolute atomic E-state index is 0.0793. The van der Waals surface area contributed by atoms with Crippen molar-refractivity contribution in [2.45, 2.75) is 51.6 Å². The molecule has 1 fully saturated rings. The highest BCUT2D eigenvalue weighted by atomic mass is 16.4. The van der Waals surface area contributed by atoms with Crippen LogP contribution in [0.2, 0.25) is 0 Å². The summed E-state index contributed by atoms with van der Waals surface area (Å²) in [6, 6.07) is 0. The Morgan fingerprint density at radius 3 is 2.12 bits per heavy atom. The molecule has 0 aliphatic heterocycles. The van der Waals surface area contributed by atoms with Crippen molar-refractivity contribution in [3.63, 3.8) is 0 Å². The van der Waals surface area contributed by atoms with Crippen molar-refractivity contribution in [3.05, 3.63) is 0 Å². The number of aliphatic carboxylic acids is 1. The van der Waals surface area contributed by atoms with Crippen molar-refractivity contribution in [1.29, 1.82) is 0 Å². The number of carboxylic acid groups (broad SMARTS) is 1. The predicted octanol–water partition coefficient (Wildman–Crippen LogP) is 0.730. The summed E-state index contributed by atoms with van der Waals surface area (Å²) in [7, 11) is 0. The number of rotatable bonds is 4. The monoisotopic (exact) mass is 247 g/mol. The van der Waals surface area contributed by atoms with Crippen LogP contribution in [0.5, 0.6) is 0 Å². The number of aliphatic hydroxyl groups excluding tert-OH is 2. The van der Waals surface area contributed by atoms with Gasteiger partial charge >= 0.3 is 5.97 Å². The van der Waals surface area contributed by atoms with Crippen molar-refractivity contribution in [2.24, 2.45) is 11.1 Å². The van der Waals surface area contributed by atoms with E-state index in [0.717, 1.165) is 25.7 Å². The molecule has 0 amide bonds. The Labute approximate surface area is 103 Å². The lowest BCUT2D eigenvalue weighted by Gasteiger charge is -2.34. The minimum Gasteiger partial charge on any atom is -0.481 e. The summed E-state index contributed by atoms with van der Waals surface area (Å²) in [5, 5.41) is 24.7. The van der Waals surface area contributed by atoms with Crippen LogP contribution >= 0.6 is 0 Å². The zero-order chi connectivity index (χ0) is 13.3. The standard InChI is InChI=1S/C9H17NO2.C3H8O2/c10-7-9(6-8(11)12)4-2-1-3-5-9;1-3(5)2-4/h1-7,10H2,(H,11,12);3-5H,2H2,1H3. The van der Waals surface area contributed by atoms with Crippen LogP contribution in [0.15, 0.2) is 0 Å². The van der Waals surface area contributed by atoms with Crippen molar-refractivity contribution in [2.75, 3.05) is 13.2 Å². The van der Waals surface area contributed by atoms with Gasteiger partial charge in [-0.2, -0.15) is 0 Å². The van der Waals surface area contributed by atoms with E-state index in [0.29, 0.717) is 6.54 Å². The molecular formula is C12H25NO4. The van der Waals surface area contributed by atoms with Gasteiger partial charge in [0.25, 0.3) is 0 Å². The Bertz CT molecular complexity index is 213. The average Bonchev–Trinajstić information content (AvgIpc) is 2.30. The van der Waals surface area contributed by atoms with Gasteiger partial charge in [0.2, 0.25) is 0 Å². The number of carboxylic acids is 1. The first kappa shape index (κ1) is 16.4. The molecule has 1 aliphatic rings. The molecule has 0 radical (unpaired) electrons. The van der Waals surface area contributed by atoms with E-state index in [9.17, 15) is 4.79 Å². The fraction of sp³-hybridized carbons (Fsp3) is 0.917. The zero-order valence-electron chi connectivity index (χ0n) is 10.6. The van der Waals surface area contributed by atoms with Crippen LogP contribution < -0.4 is 5.73 Å². The van der Waals surface area contributed by atoms with Crippen molar-refractivity contribution in [1.82, 2.24) is 0 Å². The maximum atomic E-state index is 10.6. The van der Waals surface area contributed by atoms with Gasteiger partial charge in [-0.1, -0.05) is 19.3 Å². The van der Waals surface area contributed by atoms with E-state index in [1.54, 1.807) is 0 Å². The Kier molecular flexibility index (Phi) is 8.12. The van der Waals surface area contributed by atoms with E-state index in [4.69, 9.17) is 21.1 Å². The minimum atomic E-state index is -0.706. The van der Waals surface area contributed by atoms with Crippen LogP contribution in [-0.4, -0.2) is 40.5 Å². The highest BCUT2D eigenvalue weighted by molar-refractivity contribution is 5.67. The van der Waals surface area contributed by atoms with E-state index in [1.807, 2.05) is 0 Å². The number of hydrogen-bond donors (Lipinski definition) is 4. The van der Waals surface area contributed by atoms with Gasteiger partial charge in [-0.25, -0.2) is 0 Å². The lowest BCUT2D eigenvalue weighted by atomic mass is 9.72. The predicted molar refractivity (Wildman–Crippen MR) is 65.6 cm³/mol. The first-order valence-electron chi connectivity index (χ1n) is 6.16. The molecule has 0 heterocycles. The van der Waals surface area contributed by atoms with Gasteiger partial charge in [-0.15, -0.1) is 0 Å². The zero-order valence-corrected chi connectivity index (χ0v) is 10.6. The van der Waals surface area contributed by atoms with Crippen LogP contribution in [0.4, 0.5) is 0 Å². The largest absolute Gasteiger partial charge is 0.481 e. The Morgan fingerprint density at radius 2 is 1.82 bits per heavy atom. The maximum Gasteiger partial charge on any atom is 0.303 e. The van der Waals surface area contributed by atoms with E-state index >= 15 is 0 Å². The van der Waals surface area contributed by atoms with Crippen LogP contribution in [0.25, 0.3) is 0 Å². The Balaban J connectivity index is 0.000000437. The molecule has 102 valence electrons. The van der Waals surface area contributed by atoms with Crippen molar-refractivity contribution >= 4 is 5.97 Å². The van der Waals surface area contributed by atoms with Gasteiger partial charge < -0.3 is 21.1 Å². The molecule has 1 rings (SSSR count). The highest BCUT2D eigenvalue weighted by Gasteiger charge is 2.32. The number of aliphatic hydroxyl groups is 2. The number of hydrogen-bond acceptors (Lipinski definition) is 4. The summed E-state index contributed by atoms with van der Waals surface area (Å²) >= 11 is 0. The lowest BCUT2D eigenvalue weighted by Crippen LogP contribution is -2.34. The number of carbonyl (C=O) groups is 1. The molecule has 1 unspecified atom stereocenters. The fourth-order valence-corrected chi connectivity index (χ4v) is 2.08. The molecule has 5 N–H and O–H groups in total. The summed E-state index contributed by atoms with van der Waals surface area (Å²) in [5.41, 5.74) is 5.54. The van der Waals surface area contributed by atoms with Crippen LogP contribution in [0.1, 0.15) is 45.4 Å². The molecule has 1 aliphatic carbocycles. The molecule has 5 heteroatoms. The lowest BCUT2D eigenvalue weighted by molar-refractivity contribution is -0.140. The molecule has 1 saturated carbocycles. The van der Waals surface area contributed by atoms with E-state index in [-0.39, 0.29) is 18.4 Å². The summed E-state index contributed by atoms with van der Waals surface area (Å²) in [5.74, 6) is -0.706. The molecule has 0 spiro atoms. The molecule has 17 heavy (non-hydrogen) atoms. The third-order valence-corrected chi connectivity index (χ3v) is 3.14. The van der Waals surface area contributed by atoms with Crippen LogP contribution in [-0.2, 0) is 4.79 Å². The maximum absolute atomic E-state index is 10.6.